The molecule has 3 saturated carbocycles. The van der Waals surface area contributed by atoms with Crippen LogP contribution in [0.15, 0.2) is 54.6 Å². The second-order valence-corrected chi connectivity index (χ2v) is 13.4. The van der Waals surface area contributed by atoms with Gasteiger partial charge in [-0.25, -0.2) is 9.59 Å². The lowest BCUT2D eigenvalue weighted by atomic mass is 9.70. The predicted molar refractivity (Wildman–Crippen MR) is 183 cm³/mol. The van der Waals surface area contributed by atoms with E-state index in [4.69, 9.17) is 31.8 Å². The van der Waals surface area contributed by atoms with E-state index < -0.39 is 48.1 Å². The van der Waals surface area contributed by atoms with Gasteiger partial charge >= 0.3 is 23.9 Å². The van der Waals surface area contributed by atoms with Gasteiger partial charge in [0.2, 0.25) is 6.79 Å². The molecule has 2 aromatic rings. The van der Waals surface area contributed by atoms with Crippen molar-refractivity contribution < 1.29 is 38.1 Å². The van der Waals surface area contributed by atoms with Crippen molar-refractivity contribution >= 4 is 30.0 Å². The van der Waals surface area contributed by atoms with Gasteiger partial charge in [0.25, 0.3) is 0 Å². The van der Waals surface area contributed by atoms with Crippen molar-refractivity contribution in [3.05, 3.63) is 71.3 Å². The van der Waals surface area contributed by atoms with Gasteiger partial charge in [0, 0.05) is 6.08 Å². The highest BCUT2D eigenvalue weighted by Crippen LogP contribution is 2.43. The van der Waals surface area contributed by atoms with E-state index >= 15 is 0 Å². The van der Waals surface area contributed by atoms with Crippen molar-refractivity contribution in [2.24, 2.45) is 23.7 Å². The third-order valence-corrected chi connectivity index (χ3v) is 10.3. The van der Waals surface area contributed by atoms with E-state index in [9.17, 15) is 19.2 Å². The number of carbonyl (C=O) groups excluding carboxylic acids is 4. The van der Waals surface area contributed by atoms with E-state index in [1.54, 1.807) is 6.08 Å². The average Bonchev–Trinajstić information content (AvgIpc) is 3.15. The monoisotopic (exact) mass is 664 g/mol. The molecule has 256 valence electrons. The molecule has 5 rings (SSSR count). The van der Waals surface area contributed by atoms with E-state index in [0.717, 1.165) is 24.3 Å². The predicted octanol–water partition coefficient (Wildman–Crippen LogP) is 7.44. The van der Waals surface area contributed by atoms with Crippen LogP contribution in [0.1, 0.15) is 105 Å². The lowest BCUT2D eigenvalue weighted by Crippen LogP contribution is -2.39. The Balaban J connectivity index is 1.06. The van der Waals surface area contributed by atoms with Crippen LogP contribution in [0.4, 0.5) is 0 Å². The van der Waals surface area contributed by atoms with E-state index in [1.807, 2.05) is 30.3 Å². The number of esters is 4. The number of hydrogen-bond acceptors (Lipinski definition) is 8. The minimum absolute atomic E-state index is 0.174. The molecule has 0 bridgehead atoms. The topological polar surface area (TPSA) is 105 Å². The lowest BCUT2D eigenvalue weighted by molar-refractivity contribution is -0.169. The van der Waals surface area contributed by atoms with Gasteiger partial charge in [0.05, 0.1) is 23.0 Å². The number of terminal acetylenes is 2. The van der Waals surface area contributed by atoms with Crippen LogP contribution in [0.2, 0.25) is 0 Å². The minimum atomic E-state index is -0.931. The number of rotatable bonds is 10. The summed E-state index contributed by atoms with van der Waals surface area (Å²) in [4.78, 5) is 50.7. The van der Waals surface area contributed by atoms with Gasteiger partial charge in [0.15, 0.2) is 5.60 Å². The molecule has 0 atom stereocenters. The SMILES string of the molecule is C#Cc1cc(C(=O)OC2(C#C)CCC(C3CCCCC3)CC2)ccc1OC(=O)C1CCC(C(=O)OCOC(=O)/C=C/c2ccccc2)CC1. The average molecular weight is 665 g/mol. The molecule has 8 heteroatoms. The molecule has 3 aliphatic carbocycles. The van der Waals surface area contributed by atoms with Crippen molar-refractivity contribution in [2.75, 3.05) is 6.79 Å². The highest BCUT2D eigenvalue weighted by molar-refractivity contribution is 5.91. The second-order valence-electron chi connectivity index (χ2n) is 13.4. The molecule has 49 heavy (non-hydrogen) atoms. The molecule has 0 saturated heterocycles. The van der Waals surface area contributed by atoms with Crippen LogP contribution < -0.4 is 4.74 Å². The molecule has 2 aromatic carbocycles. The van der Waals surface area contributed by atoms with E-state index in [2.05, 4.69) is 11.8 Å². The van der Waals surface area contributed by atoms with Crippen LogP contribution in [-0.4, -0.2) is 36.3 Å². The molecule has 3 aliphatic rings. The molecule has 0 heterocycles. The third-order valence-electron chi connectivity index (χ3n) is 10.3. The van der Waals surface area contributed by atoms with Crippen LogP contribution in [-0.2, 0) is 28.6 Å². The van der Waals surface area contributed by atoms with Gasteiger partial charge in [-0.2, -0.15) is 0 Å². The lowest BCUT2D eigenvalue weighted by Gasteiger charge is -2.40. The molecule has 0 radical (unpaired) electrons. The maximum absolute atomic E-state index is 13.2. The Kier molecular flexibility index (Phi) is 12.3. The fraction of sp³-hybridized carbons (Fsp3) is 0.463. The summed E-state index contributed by atoms with van der Waals surface area (Å²) in [6, 6.07) is 13.8. The zero-order valence-corrected chi connectivity index (χ0v) is 27.9. The fourth-order valence-electron chi connectivity index (χ4n) is 7.35. The van der Waals surface area contributed by atoms with Gasteiger partial charge in [-0.1, -0.05) is 74.3 Å². The highest BCUT2D eigenvalue weighted by atomic mass is 16.7. The van der Waals surface area contributed by atoms with Crippen LogP contribution in [0, 0.1) is 48.4 Å². The highest BCUT2D eigenvalue weighted by Gasteiger charge is 2.40. The first-order valence-corrected chi connectivity index (χ1v) is 17.4. The van der Waals surface area contributed by atoms with Crippen molar-refractivity contribution in [3.63, 3.8) is 0 Å². The Labute approximate surface area is 288 Å². The number of benzene rings is 2. The van der Waals surface area contributed by atoms with Crippen molar-refractivity contribution in [2.45, 2.75) is 89.1 Å². The fourth-order valence-corrected chi connectivity index (χ4v) is 7.35. The number of carbonyl (C=O) groups is 4. The molecule has 0 aliphatic heterocycles. The van der Waals surface area contributed by atoms with Crippen LogP contribution in [0.3, 0.4) is 0 Å². The molecule has 0 aromatic heterocycles. The Hall–Kier alpha value is -4.82. The largest absolute Gasteiger partial charge is 0.442 e. The van der Waals surface area contributed by atoms with Gasteiger partial charge in [-0.05, 0) is 93.0 Å². The van der Waals surface area contributed by atoms with Gasteiger partial charge < -0.3 is 18.9 Å². The molecule has 0 amide bonds. The Bertz CT molecular complexity index is 1590. The van der Waals surface area contributed by atoms with E-state index in [1.165, 1.54) is 56.4 Å². The van der Waals surface area contributed by atoms with Crippen molar-refractivity contribution in [1.82, 2.24) is 0 Å². The summed E-state index contributed by atoms with van der Waals surface area (Å²) < 4.78 is 21.7. The minimum Gasteiger partial charge on any atom is -0.442 e. The Morgan fingerprint density at radius 2 is 1.43 bits per heavy atom. The molecule has 0 N–H and O–H groups in total. The van der Waals surface area contributed by atoms with E-state index in [0.29, 0.717) is 44.4 Å². The zero-order chi connectivity index (χ0) is 34.6. The zero-order valence-electron chi connectivity index (χ0n) is 27.9. The third kappa shape index (κ3) is 9.63. The molecule has 0 unspecified atom stereocenters. The molecule has 8 nitrogen and oxygen atoms in total. The summed E-state index contributed by atoms with van der Waals surface area (Å²) in [6.45, 7) is -0.484. The van der Waals surface area contributed by atoms with Crippen molar-refractivity contribution in [3.8, 4) is 30.4 Å². The Morgan fingerprint density at radius 1 is 0.776 bits per heavy atom. The molecular formula is C41H44O8. The van der Waals surface area contributed by atoms with Gasteiger partial charge in [-0.15, -0.1) is 12.8 Å². The van der Waals surface area contributed by atoms with Crippen LogP contribution in [0.5, 0.6) is 5.75 Å². The van der Waals surface area contributed by atoms with Gasteiger partial charge in [0.1, 0.15) is 5.75 Å². The van der Waals surface area contributed by atoms with Crippen LogP contribution >= 0.6 is 0 Å². The second kappa shape index (κ2) is 17.0. The summed E-state index contributed by atoms with van der Waals surface area (Å²) in [6.07, 6.45) is 25.9. The first-order valence-electron chi connectivity index (χ1n) is 17.4. The van der Waals surface area contributed by atoms with Gasteiger partial charge in [-0.3, -0.25) is 9.59 Å². The summed E-state index contributed by atoms with van der Waals surface area (Å²) in [7, 11) is 0. The summed E-state index contributed by atoms with van der Waals surface area (Å²) in [5.41, 5.74) is 0.409. The smallest absolute Gasteiger partial charge is 0.339 e. The first kappa shape index (κ1) is 35.5. The summed E-state index contributed by atoms with van der Waals surface area (Å²) >= 11 is 0. The number of ether oxygens (including phenoxy) is 4. The number of hydrogen-bond donors (Lipinski definition) is 0. The Morgan fingerprint density at radius 3 is 2.08 bits per heavy atom. The standard InChI is InChI=1S/C41H44O8/c1-3-30-27-35(40(45)49-41(4-2)25-23-32(24-26-41)31-13-9-6-10-14-31)20-21-36(30)48-39(44)34-18-16-33(17-19-34)38(43)47-28-46-37(42)22-15-29-11-7-5-8-12-29/h1-2,5,7-8,11-12,15,20-22,27,31-34H,6,9-10,13-14,16-19,23-26,28H2/b22-15+. The maximum Gasteiger partial charge on any atom is 0.339 e. The molecule has 0 spiro atoms. The molecular weight excluding hydrogens is 620 g/mol. The summed E-state index contributed by atoms with van der Waals surface area (Å²) in [5.74, 6) is 3.88. The normalized spacial score (nSPS) is 24.2. The van der Waals surface area contributed by atoms with Crippen LogP contribution in [0.25, 0.3) is 6.08 Å². The first-order chi connectivity index (χ1) is 23.8. The maximum atomic E-state index is 13.2. The molecule has 3 fully saturated rings. The van der Waals surface area contributed by atoms with E-state index in [-0.39, 0.29) is 16.9 Å². The summed E-state index contributed by atoms with van der Waals surface area (Å²) in [5, 5.41) is 0. The van der Waals surface area contributed by atoms with Crippen molar-refractivity contribution in [1.29, 1.82) is 0 Å². The quantitative estimate of drug-likeness (QED) is 0.0849.